The van der Waals surface area contributed by atoms with Gasteiger partial charge in [0, 0.05) is 12.3 Å². The van der Waals surface area contributed by atoms with Gasteiger partial charge in [0.2, 0.25) is 0 Å². The molecule has 0 bridgehead atoms. The van der Waals surface area contributed by atoms with Crippen LogP contribution in [0.25, 0.3) is 10.8 Å². The molecule has 0 aliphatic heterocycles. The van der Waals surface area contributed by atoms with Crippen LogP contribution in [0, 0.1) is 0 Å². The third kappa shape index (κ3) is 0.934. The van der Waals surface area contributed by atoms with Crippen LogP contribution in [0.4, 0.5) is 0 Å². The van der Waals surface area contributed by atoms with E-state index in [0.717, 1.165) is 6.26 Å². The molecule has 0 aliphatic carbocycles. The second-order valence-electron chi connectivity index (χ2n) is 2.37. The van der Waals surface area contributed by atoms with Crippen molar-refractivity contribution in [2.24, 2.45) is 0 Å². The topological polar surface area (TPSA) is 63.1 Å². The molecule has 2 aromatic heterocycles. The summed E-state index contributed by atoms with van der Waals surface area (Å²) in [5, 5.41) is 0.979. The van der Waals surface area contributed by atoms with Crippen molar-refractivity contribution in [2.45, 2.75) is 0 Å². The number of pyridine rings is 1. The van der Waals surface area contributed by atoms with Crippen LogP contribution < -0.4 is 11.2 Å². The number of hydrogen-bond donors (Lipinski definition) is 1. The first-order chi connectivity index (χ1) is 5.77. The zero-order valence-electron chi connectivity index (χ0n) is 6.03. The standard InChI is InChI=1S/C8H5NO3/c10-7-3-5-1-2-9-8(11)6(5)4-12-7/h1-4H,(H,9,11). The van der Waals surface area contributed by atoms with Gasteiger partial charge in [-0.25, -0.2) is 4.79 Å². The number of H-pyrrole nitrogens is 1. The second-order valence-corrected chi connectivity index (χ2v) is 2.37. The molecule has 0 atom stereocenters. The van der Waals surface area contributed by atoms with Gasteiger partial charge in [-0.1, -0.05) is 0 Å². The Labute approximate surface area is 66.5 Å². The van der Waals surface area contributed by atoms with Crippen LogP contribution >= 0.6 is 0 Å². The van der Waals surface area contributed by atoms with Crippen molar-refractivity contribution in [3.05, 3.63) is 45.4 Å². The predicted octanol–water partition coefficient (Wildman–Crippen LogP) is 0.481. The highest BCUT2D eigenvalue weighted by Gasteiger charge is 1.97. The Hall–Kier alpha value is -1.84. The Morgan fingerprint density at radius 1 is 1.33 bits per heavy atom. The first-order valence-electron chi connectivity index (χ1n) is 3.37. The van der Waals surface area contributed by atoms with Crippen molar-refractivity contribution in [3.8, 4) is 0 Å². The van der Waals surface area contributed by atoms with E-state index in [1.54, 1.807) is 6.07 Å². The molecule has 2 rings (SSSR count). The summed E-state index contributed by atoms with van der Waals surface area (Å²) in [5.74, 6) is 0. The van der Waals surface area contributed by atoms with Crippen LogP contribution in [-0.2, 0) is 0 Å². The largest absolute Gasteiger partial charge is 0.430 e. The summed E-state index contributed by atoms with van der Waals surface area (Å²) in [4.78, 5) is 24.3. The molecule has 0 radical (unpaired) electrons. The van der Waals surface area contributed by atoms with Crippen LogP contribution in [0.1, 0.15) is 0 Å². The fourth-order valence-corrected chi connectivity index (χ4v) is 1.03. The fourth-order valence-electron chi connectivity index (χ4n) is 1.03. The first kappa shape index (κ1) is 6.84. The number of aromatic amines is 1. The molecule has 12 heavy (non-hydrogen) atoms. The lowest BCUT2D eigenvalue weighted by Gasteiger charge is -1.91. The molecule has 0 aromatic carbocycles. The van der Waals surface area contributed by atoms with Crippen LogP contribution in [0.5, 0.6) is 0 Å². The molecule has 0 fully saturated rings. The van der Waals surface area contributed by atoms with Gasteiger partial charge in [0.1, 0.15) is 6.26 Å². The van der Waals surface area contributed by atoms with Crippen molar-refractivity contribution in [2.75, 3.05) is 0 Å². The van der Waals surface area contributed by atoms with E-state index in [2.05, 4.69) is 9.40 Å². The summed E-state index contributed by atoms with van der Waals surface area (Å²) in [5.41, 5.74) is -0.704. The summed E-state index contributed by atoms with van der Waals surface area (Å²) in [6.07, 6.45) is 2.65. The Morgan fingerprint density at radius 2 is 2.17 bits per heavy atom. The first-order valence-corrected chi connectivity index (χ1v) is 3.37. The van der Waals surface area contributed by atoms with Gasteiger partial charge in [-0.2, -0.15) is 0 Å². The van der Waals surface area contributed by atoms with Gasteiger partial charge in [0.25, 0.3) is 5.56 Å². The highest BCUT2D eigenvalue weighted by atomic mass is 16.4. The molecule has 0 amide bonds. The Balaban J connectivity index is 3.06. The molecule has 4 heteroatoms. The summed E-state index contributed by atoms with van der Waals surface area (Å²) in [6.45, 7) is 0. The lowest BCUT2D eigenvalue weighted by molar-refractivity contribution is 0.517. The quantitative estimate of drug-likeness (QED) is 0.614. The Morgan fingerprint density at radius 3 is 3.00 bits per heavy atom. The molecule has 0 unspecified atom stereocenters. The van der Waals surface area contributed by atoms with Gasteiger partial charge in [-0.3, -0.25) is 4.79 Å². The average Bonchev–Trinajstić information content (AvgIpc) is 2.04. The van der Waals surface area contributed by atoms with Gasteiger partial charge in [0.05, 0.1) is 5.39 Å². The maximum atomic E-state index is 11.1. The molecule has 0 saturated carbocycles. The minimum absolute atomic E-state index is 0.253. The Kier molecular flexibility index (Phi) is 1.33. The molecule has 2 heterocycles. The second kappa shape index (κ2) is 2.34. The average molecular weight is 163 g/mol. The molecule has 1 N–H and O–H groups in total. The summed E-state index contributed by atoms with van der Waals surface area (Å²) < 4.78 is 4.55. The lowest BCUT2D eigenvalue weighted by atomic mass is 10.2. The molecule has 60 valence electrons. The van der Waals surface area contributed by atoms with Crippen molar-refractivity contribution < 1.29 is 4.42 Å². The molecule has 2 aromatic rings. The van der Waals surface area contributed by atoms with E-state index in [1.807, 2.05) is 0 Å². The predicted molar refractivity (Wildman–Crippen MR) is 43.1 cm³/mol. The molecule has 0 spiro atoms. The lowest BCUT2D eigenvalue weighted by Crippen LogP contribution is -2.06. The van der Waals surface area contributed by atoms with Crippen LogP contribution in [0.15, 0.2) is 38.6 Å². The van der Waals surface area contributed by atoms with E-state index >= 15 is 0 Å². The van der Waals surface area contributed by atoms with Gasteiger partial charge in [-0.15, -0.1) is 0 Å². The smallest absolute Gasteiger partial charge is 0.336 e. The van der Waals surface area contributed by atoms with Gasteiger partial charge < -0.3 is 9.40 Å². The van der Waals surface area contributed by atoms with E-state index in [9.17, 15) is 9.59 Å². The van der Waals surface area contributed by atoms with E-state index in [4.69, 9.17) is 0 Å². The minimum atomic E-state index is -0.451. The van der Waals surface area contributed by atoms with E-state index in [-0.39, 0.29) is 5.56 Å². The number of rotatable bonds is 0. The highest BCUT2D eigenvalue weighted by Crippen LogP contribution is 2.02. The minimum Gasteiger partial charge on any atom is -0.430 e. The highest BCUT2D eigenvalue weighted by molar-refractivity contribution is 5.79. The number of nitrogens with one attached hydrogen (secondary N) is 1. The van der Waals surface area contributed by atoms with Gasteiger partial charge >= 0.3 is 5.63 Å². The summed E-state index contributed by atoms with van der Waals surface area (Å²) in [6, 6.07) is 2.93. The maximum absolute atomic E-state index is 11.1. The van der Waals surface area contributed by atoms with Crippen molar-refractivity contribution in [3.63, 3.8) is 0 Å². The van der Waals surface area contributed by atoms with Crippen molar-refractivity contribution in [1.82, 2.24) is 4.98 Å². The molecular weight excluding hydrogens is 158 g/mol. The number of aromatic nitrogens is 1. The molecule has 4 nitrogen and oxygen atoms in total. The molecule has 0 saturated heterocycles. The molecule has 0 aliphatic rings. The number of fused-ring (bicyclic) bond motifs is 1. The third-order valence-corrected chi connectivity index (χ3v) is 1.60. The van der Waals surface area contributed by atoms with E-state index < -0.39 is 5.63 Å². The van der Waals surface area contributed by atoms with Crippen LogP contribution in [-0.4, -0.2) is 4.98 Å². The zero-order valence-corrected chi connectivity index (χ0v) is 6.03. The fraction of sp³-hybridized carbons (Fsp3) is 0. The van der Waals surface area contributed by atoms with Crippen LogP contribution in [0.3, 0.4) is 0 Å². The zero-order chi connectivity index (χ0) is 8.55. The monoisotopic (exact) mass is 163 g/mol. The normalized spacial score (nSPS) is 10.3. The van der Waals surface area contributed by atoms with Gasteiger partial charge in [-0.05, 0) is 11.5 Å². The van der Waals surface area contributed by atoms with Crippen molar-refractivity contribution >= 4 is 10.8 Å². The van der Waals surface area contributed by atoms with E-state index in [1.165, 1.54) is 12.3 Å². The van der Waals surface area contributed by atoms with Crippen molar-refractivity contribution in [1.29, 1.82) is 0 Å². The maximum Gasteiger partial charge on any atom is 0.336 e. The number of hydrogen-bond acceptors (Lipinski definition) is 3. The van der Waals surface area contributed by atoms with E-state index in [0.29, 0.717) is 10.8 Å². The van der Waals surface area contributed by atoms with Gasteiger partial charge in [0.15, 0.2) is 0 Å². The SMILES string of the molecule is O=c1cc2cc[nH]c(=O)c2co1. The molecular formula is C8H5NO3. The Bertz CT molecular complexity index is 523. The summed E-state index contributed by atoms with van der Waals surface area (Å²) >= 11 is 0. The summed E-state index contributed by atoms with van der Waals surface area (Å²) in [7, 11) is 0. The van der Waals surface area contributed by atoms with Crippen LogP contribution in [0.2, 0.25) is 0 Å². The third-order valence-electron chi connectivity index (χ3n) is 1.60.